The second-order valence-electron chi connectivity index (χ2n) is 3.52. The third kappa shape index (κ3) is 1.58. The number of carbonyl (C=O) groups is 2. The van der Waals surface area contributed by atoms with Gasteiger partial charge in [-0.3, -0.25) is 9.36 Å². The number of aromatic nitrogens is 1. The summed E-state index contributed by atoms with van der Waals surface area (Å²) >= 11 is 0. The van der Waals surface area contributed by atoms with E-state index in [1.807, 2.05) is 0 Å². The fraction of sp³-hybridized carbons (Fsp3) is 0.167. The van der Waals surface area contributed by atoms with Crippen LogP contribution in [0, 0.1) is 0 Å². The molecular weight excluding hydrogens is 206 g/mol. The molecule has 2 rings (SSSR count). The second kappa shape index (κ2) is 3.81. The Kier molecular flexibility index (Phi) is 2.48. The highest BCUT2D eigenvalue weighted by Crippen LogP contribution is 2.18. The van der Waals surface area contributed by atoms with Crippen LogP contribution in [0.1, 0.15) is 23.7 Å². The molecule has 0 spiro atoms. The summed E-state index contributed by atoms with van der Waals surface area (Å²) < 4.78 is 1.13. The van der Waals surface area contributed by atoms with Crippen molar-refractivity contribution in [3.8, 4) is 0 Å². The Bertz CT molecular complexity index is 569. The number of rotatable bonds is 2. The lowest BCUT2D eigenvalue weighted by atomic mass is 10.1. The van der Waals surface area contributed by atoms with Crippen molar-refractivity contribution in [2.75, 3.05) is 0 Å². The molecular formula is C12H11NO3. The van der Waals surface area contributed by atoms with Crippen molar-refractivity contribution < 1.29 is 14.7 Å². The predicted octanol–water partition coefficient (Wildman–Crippen LogP) is 2.76. The van der Waals surface area contributed by atoms with Crippen LogP contribution in [0.3, 0.4) is 0 Å². The quantitative estimate of drug-likeness (QED) is 0.787. The summed E-state index contributed by atoms with van der Waals surface area (Å²) in [5, 5.41) is 9.66. The van der Waals surface area contributed by atoms with Crippen LogP contribution in [0.2, 0.25) is 0 Å². The monoisotopic (exact) mass is 217 g/mol. The van der Waals surface area contributed by atoms with E-state index in [2.05, 4.69) is 0 Å². The Morgan fingerprint density at radius 3 is 2.69 bits per heavy atom. The van der Waals surface area contributed by atoms with Gasteiger partial charge in [0.15, 0.2) is 5.78 Å². The molecule has 0 unspecified atom stereocenters. The number of hydrogen-bond donors (Lipinski definition) is 1. The van der Waals surface area contributed by atoms with Crippen molar-refractivity contribution in [3.63, 3.8) is 0 Å². The van der Waals surface area contributed by atoms with Gasteiger partial charge in [-0.1, -0.05) is 6.92 Å². The third-order valence-electron chi connectivity index (χ3n) is 2.54. The summed E-state index contributed by atoms with van der Waals surface area (Å²) in [4.78, 5) is 22.3. The number of carbonyl (C=O) groups excluding carboxylic acids is 1. The average Bonchev–Trinajstić information content (AvgIpc) is 2.70. The van der Waals surface area contributed by atoms with Crippen LogP contribution in [-0.4, -0.2) is 21.6 Å². The average molecular weight is 217 g/mol. The van der Waals surface area contributed by atoms with Gasteiger partial charge in [0, 0.05) is 23.6 Å². The van der Waals surface area contributed by atoms with Crippen molar-refractivity contribution >= 4 is 22.8 Å². The molecule has 0 saturated carbocycles. The summed E-state index contributed by atoms with van der Waals surface area (Å²) in [6.07, 6.45) is 0.905. The molecule has 82 valence electrons. The number of Topliss-reactive ketones (excluding diaryl/α,β-unsaturated/α-hetero) is 1. The smallest absolute Gasteiger partial charge is 0.415 e. The Morgan fingerprint density at radius 2 is 2.06 bits per heavy atom. The molecule has 0 radical (unpaired) electrons. The summed E-state index contributed by atoms with van der Waals surface area (Å²) in [5.41, 5.74) is 1.22. The lowest BCUT2D eigenvalue weighted by Gasteiger charge is -2.00. The van der Waals surface area contributed by atoms with Gasteiger partial charge in [-0.15, -0.1) is 0 Å². The Hall–Kier alpha value is -2.10. The van der Waals surface area contributed by atoms with Crippen molar-refractivity contribution in [2.45, 2.75) is 13.3 Å². The van der Waals surface area contributed by atoms with Crippen LogP contribution in [0.5, 0.6) is 0 Å². The number of hydrogen-bond acceptors (Lipinski definition) is 2. The molecule has 0 saturated heterocycles. The van der Waals surface area contributed by atoms with Crippen LogP contribution in [-0.2, 0) is 0 Å². The molecule has 4 heteroatoms. The summed E-state index contributed by atoms with van der Waals surface area (Å²) in [6.45, 7) is 1.80. The molecule has 0 fully saturated rings. The molecule has 0 aliphatic rings. The molecule has 4 nitrogen and oxygen atoms in total. The molecule has 1 N–H and O–H groups in total. The van der Waals surface area contributed by atoms with Crippen LogP contribution >= 0.6 is 0 Å². The number of fused-ring (bicyclic) bond motifs is 1. The molecule has 16 heavy (non-hydrogen) atoms. The van der Waals surface area contributed by atoms with E-state index in [1.165, 1.54) is 6.20 Å². The van der Waals surface area contributed by atoms with Crippen molar-refractivity contribution in [1.82, 2.24) is 4.57 Å². The highest BCUT2D eigenvalue weighted by atomic mass is 16.4. The summed E-state index contributed by atoms with van der Waals surface area (Å²) in [5.74, 6) is 0.0602. The zero-order chi connectivity index (χ0) is 11.7. The molecule has 0 amide bonds. The fourth-order valence-corrected chi connectivity index (χ4v) is 1.69. The van der Waals surface area contributed by atoms with E-state index in [9.17, 15) is 9.59 Å². The summed E-state index contributed by atoms with van der Waals surface area (Å²) in [6, 6.07) is 6.73. The minimum absolute atomic E-state index is 0.0602. The van der Waals surface area contributed by atoms with Gasteiger partial charge in [0.1, 0.15) is 0 Å². The predicted molar refractivity (Wildman–Crippen MR) is 60.0 cm³/mol. The van der Waals surface area contributed by atoms with E-state index in [-0.39, 0.29) is 5.78 Å². The minimum Gasteiger partial charge on any atom is -0.464 e. The zero-order valence-corrected chi connectivity index (χ0v) is 8.80. The second-order valence-corrected chi connectivity index (χ2v) is 3.52. The Labute approximate surface area is 92.1 Å². The Balaban J connectivity index is 2.57. The van der Waals surface area contributed by atoms with Crippen molar-refractivity contribution in [3.05, 3.63) is 36.0 Å². The first-order valence-electron chi connectivity index (χ1n) is 5.01. The molecule has 0 aliphatic heterocycles. The largest absolute Gasteiger partial charge is 0.464 e. The van der Waals surface area contributed by atoms with Gasteiger partial charge in [-0.25, -0.2) is 4.79 Å². The van der Waals surface area contributed by atoms with E-state index in [0.29, 0.717) is 17.5 Å². The molecule has 1 aromatic carbocycles. The van der Waals surface area contributed by atoms with Crippen LogP contribution < -0.4 is 0 Å². The minimum atomic E-state index is -1.02. The molecule has 0 aliphatic carbocycles. The lowest BCUT2D eigenvalue weighted by Crippen LogP contribution is -2.05. The number of carboxylic acid groups (broad SMARTS) is 1. The number of nitrogens with zero attached hydrogens (tertiary/aromatic N) is 1. The SMILES string of the molecule is CCC(=O)c1ccc2c(ccn2C(=O)O)c1. The first-order valence-corrected chi connectivity index (χ1v) is 5.01. The highest BCUT2D eigenvalue weighted by molar-refractivity contribution is 6.00. The molecule has 1 heterocycles. The fourth-order valence-electron chi connectivity index (χ4n) is 1.69. The molecule has 2 aromatic rings. The maximum absolute atomic E-state index is 11.5. The first-order chi connectivity index (χ1) is 7.63. The maximum atomic E-state index is 11.5. The molecule has 0 atom stereocenters. The first kappa shape index (κ1) is 10.4. The van der Waals surface area contributed by atoms with Gasteiger partial charge in [0.05, 0.1) is 5.52 Å². The third-order valence-corrected chi connectivity index (χ3v) is 2.54. The lowest BCUT2D eigenvalue weighted by molar-refractivity contribution is 0.0988. The van der Waals surface area contributed by atoms with Crippen LogP contribution in [0.4, 0.5) is 4.79 Å². The van der Waals surface area contributed by atoms with E-state index >= 15 is 0 Å². The molecule has 1 aromatic heterocycles. The van der Waals surface area contributed by atoms with Gasteiger partial charge in [-0.05, 0) is 24.3 Å². The van der Waals surface area contributed by atoms with E-state index < -0.39 is 6.09 Å². The Morgan fingerprint density at radius 1 is 1.31 bits per heavy atom. The zero-order valence-electron chi connectivity index (χ0n) is 8.80. The van der Waals surface area contributed by atoms with Crippen LogP contribution in [0.15, 0.2) is 30.5 Å². The molecule has 0 bridgehead atoms. The van der Waals surface area contributed by atoms with E-state index in [1.54, 1.807) is 31.2 Å². The van der Waals surface area contributed by atoms with E-state index in [4.69, 9.17) is 5.11 Å². The summed E-state index contributed by atoms with van der Waals surface area (Å²) in [7, 11) is 0. The maximum Gasteiger partial charge on any atom is 0.415 e. The van der Waals surface area contributed by atoms with Gasteiger partial charge in [0.2, 0.25) is 0 Å². The van der Waals surface area contributed by atoms with Crippen LogP contribution in [0.25, 0.3) is 10.9 Å². The standard InChI is InChI=1S/C12H11NO3/c1-2-11(14)9-3-4-10-8(7-9)5-6-13(10)12(15)16/h3-7H,2H2,1H3,(H,15,16). The van der Waals surface area contributed by atoms with Gasteiger partial charge in [-0.2, -0.15) is 0 Å². The van der Waals surface area contributed by atoms with Crippen molar-refractivity contribution in [2.24, 2.45) is 0 Å². The van der Waals surface area contributed by atoms with Gasteiger partial charge < -0.3 is 5.11 Å². The van der Waals surface area contributed by atoms with Crippen molar-refractivity contribution in [1.29, 1.82) is 0 Å². The van der Waals surface area contributed by atoms with E-state index in [0.717, 1.165) is 9.95 Å². The normalized spacial score (nSPS) is 10.6. The highest BCUT2D eigenvalue weighted by Gasteiger charge is 2.09. The van der Waals surface area contributed by atoms with Gasteiger partial charge in [0.25, 0.3) is 0 Å². The number of benzene rings is 1. The topological polar surface area (TPSA) is 59.3 Å². The number of ketones is 1. The van der Waals surface area contributed by atoms with Gasteiger partial charge >= 0.3 is 6.09 Å².